The summed E-state index contributed by atoms with van der Waals surface area (Å²) in [5.41, 5.74) is -0.621. The number of carbonyl (C=O) groups excluding carboxylic acids is 1. The summed E-state index contributed by atoms with van der Waals surface area (Å²) >= 11 is 0. The molecule has 0 amide bonds. The molecule has 1 aliphatic rings. The van der Waals surface area contributed by atoms with Gasteiger partial charge >= 0.3 is 5.97 Å². The molecule has 0 aliphatic carbocycles. The number of hydrogen-bond donors (Lipinski definition) is 1. The lowest BCUT2D eigenvalue weighted by molar-refractivity contribution is -0.152. The standard InChI is InChI=1S/C16H32N2O2/c1-7-20-15(19)16(6,17-12(2)3)11-18-9-8-13(4)14(5)10-18/h12-14,17H,7-11H2,1-6H3. The highest BCUT2D eigenvalue weighted by Crippen LogP contribution is 2.24. The van der Waals surface area contributed by atoms with Gasteiger partial charge in [0, 0.05) is 19.1 Å². The summed E-state index contributed by atoms with van der Waals surface area (Å²) in [6.45, 7) is 15.9. The van der Waals surface area contributed by atoms with Crippen molar-refractivity contribution in [3.05, 3.63) is 0 Å². The van der Waals surface area contributed by atoms with Crippen LogP contribution in [0.15, 0.2) is 0 Å². The third kappa shape index (κ3) is 4.74. The number of hydrogen-bond acceptors (Lipinski definition) is 4. The van der Waals surface area contributed by atoms with Crippen LogP contribution in [0.4, 0.5) is 0 Å². The van der Waals surface area contributed by atoms with Crippen molar-refractivity contribution >= 4 is 5.97 Å². The van der Waals surface area contributed by atoms with Gasteiger partial charge in [-0.2, -0.15) is 0 Å². The van der Waals surface area contributed by atoms with Crippen LogP contribution in [-0.2, 0) is 9.53 Å². The first-order valence-corrected chi connectivity index (χ1v) is 7.95. The molecular formula is C16H32N2O2. The van der Waals surface area contributed by atoms with E-state index in [2.05, 4.69) is 37.9 Å². The molecule has 0 radical (unpaired) electrons. The summed E-state index contributed by atoms with van der Waals surface area (Å²) in [6.07, 6.45) is 1.21. The van der Waals surface area contributed by atoms with Gasteiger partial charge in [0.25, 0.3) is 0 Å². The maximum atomic E-state index is 12.3. The average molecular weight is 284 g/mol. The maximum absolute atomic E-state index is 12.3. The van der Waals surface area contributed by atoms with E-state index in [1.807, 2.05) is 13.8 Å². The van der Waals surface area contributed by atoms with E-state index in [9.17, 15) is 4.79 Å². The molecule has 3 atom stereocenters. The Hall–Kier alpha value is -0.610. The van der Waals surface area contributed by atoms with Crippen molar-refractivity contribution in [1.82, 2.24) is 10.2 Å². The minimum atomic E-state index is -0.621. The van der Waals surface area contributed by atoms with E-state index in [4.69, 9.17) is 4.74 Å². The third-order valence-electron chi connectivity index (χ3n) is 4.29. The normalized spacial score (nSPS) is 27.4. The minimum absolute atomic E-state index is 0.139. The quantitative estimate of drug-likeness (QED) is 0.760. The summed E-state index contributed by atoms with van der Waals surface area (Å²) in [6, 6.07) is 0.255. The molecule has 118 valence electrons. The number of ether oxygens (including phenoxy) is 1. The minimum Gasteiger partial charge on any atom is -0.465 e. The molecule has 1 rings (SSSR count). The topological polar surface area (TPSA) is 41.6 Å². The van der Waals surface area contributed by atoms with Gasteiger partial charge in [-0.3, -0.25) is 10.1 Å². The van der Waals surface area contributed by atoms with Crippen molar-refractivity contribution in [3.8, 4) is 0 Å². The molecule has 4 heteroatoms. The van der Waals surface area contributed by atoms with E-state index in [0.29, 0.717) is 12.5 Å². The Morgan fingerprint density at radius 1 is 1.40 bits per heavy atom. The van der Waals surface area contributed by atoms with Crippen LogP contribution in [0.2, 0.25) is 0 Å². The van der Waals surface area contributed by atoms with Crippen molar-refractivity contribution in [2.75, 3.05) is 26.2 Å². The van der Waals surface area contributed by atoms with Crippen LogP contribution >= 0.6 is 0 Å². The Labute approximate surface area is 124 Å². The van der Waals surface area contributed by atoms with Crippen molar-refractivity contribution in [3.63, 3.8) is 0 Å². The molecule has 1 heterocycles. The first-order valence-electron chi connectivity index (χ1n) is 7.95. The van der Waals surface area contributed by atoms with E-state index < -0.39 is 5.54 Å². The monoisotopic (exact) mass is 284 g/mol. The summed E-state index contributed by atoms with van der Waals surface area (Å²) in [7, 11) is 0. The second-order valence-electron chi connectivity index (χ2n) is 6.83. The second-order valence-corrected chi connectivity index (χ2v) is 6.83. The molecule has 0 aromatic carbocycles. The zero-order chi connectivity index (χ0) is 15.3. The van der Waals surface area contributed by atoms with Crippen molar-refractivity contribution in [2.45, 2.75) is 59.5 Å². The van der Waals surface area contributed by atoms with E-state index in [1.54, 1.807) is 0 Å². The highest BCUT2D eigenvalue weighted by molar-refractivity contribution is 5.80. The van der Waals surface area contributed by atoms with Gasteiger partial charge in [-0.05, 0) is 52.5 Å². The van der Waals surface area contributed by atoms with Gasteiger partial charge in [-0.25, -0.2) is 0 Å². The number of nitrogens with one attached hydrogen (secondary N) is 1. The number of likely N-dealkylation sites (tertiary alicyclic amines) is 1. The van der Waals surface area contributed by atoms with Crippen LogP contribution in [0.25, 0.3) is 0 Å². The third-order valence-corrected chi connectivity index (χ3v) is 4.29. The van der Waals surface area contributed by atoms with Crippen molar-refractivity contribution in [2.24, 2.45) is 11.8 Å². The summed E-state index contributed by atoms with van der Waals surface area (Å²) in [4.78, 5) is 14.7. The molecule has 1 N–H and O–H groups in total. The maximum Gasteiger partial charge on any atom is 0.327 e. The zero-order valence-electron chi connectivity index (χ0n) is 14.0. The number of carbonyl (C=O) groups is 1. The van der Waals surface area contributed by atoms with Crippen LogP contribution in [0, 0.1) is 11.8 Å². The molecule has 1 aliphatic heterocycles. The van der Waals surface area contributed by atoms with E-state index in [-0.39, 0.29) is 12.0 Å². The molecule has 4 nitrogen and oxygen atoms in total. The van der Waals surface area contributed by atoms with Gasteiger partial charge in [0.1, 0.15) is 5.54 Å². The first kappa shape index (κ1) is 17.4. The molecule has 1 saturated heterocycles. The van der Waals surface area contributed by atoms with Gasteiger partial charge in [0.05, 0.1) is 6.61 Å². The first-order chi connectivity index (χ1) is 9.28. The van der Waals surface area contributed by atoms with Crippen molar-refractivity contribution in [1.29, 1.82) is 0 Å². The lowest BCUT2D eigenvalue weighted by Gasteiger charge is -2.40. The van der Waals surface area contributed by atoms with Crippen molar-refractivity contribution < 1.29 is 9.53 Å². The van der Waals surface area contributed by atoms with Crippen LogP contribution in [0.1, 0.15) is 48.0 Å². The molecule has 0 saturated carbocycles. The molecule has 0 spiro atoms. The van der Waals surface area contributed by atoms with E-state index >= 15 is 0 Å². The second kappa shape index (κ2) is 7.41. The fourth-order valence-corrected chi connectivity index (χ4v) is 3.04. The van der Waals surface area contributed by atoms with Crippen LogP contribution < -0.4 is 5.32 Å². The number of piperidine rings is 1. The summed E-state index contributed by atoms with van der Waals surface area (Å²) < 4.78 is 5.27. The average Bonchev–Trinajstić information content (AvgIpc) is 2.33. The Morgan fingerprint density at radius 3 is 2.55 bits per heavy atom. The number of rotatable bonds is 6. The van der Waals surface area contributed by atoms with Crippen LogP contribution in [0.5, 0.6) is 0 Å². The molecule has 0 aromatic heterocycles. The summed E-state index contributed by atoms with van der Waals surface area (Å²) in [5.74, 6) is 1.33. The van der Waals surface area contributed by atoms with Gasteiger partial charge in [-0.1, -0.05) is 13.8 Å². The highest BCUT2D eigenvalue weighted by Gasteiger charge is 2.38. The zero-order valence-corrected chi connectivity index (χ0v) is 14.0. The molecule has 3 unspecified atom stereocenters. The fourth-order valence-electron chi connectivity index (χ4n) is 3.04. The molecule has 1 fully saturated rings. The molecule has 0 aromatic rings. The Bertz CT molecular complexity index is 320. The largest absolute Gasteiger partial charge is 0.465 e. The van der Waals surface area contributed by atoms with Gasteiger partial charge in [-0.15, -0.1) is 0 Å². The number of nitrogens with zero attached hydrogens (tertiary/aromatic N) is 1. The Morgan fingerprint density at radius 2 is 2.05 bits per heavy atom. The van der Waals surface area contributed by atoms with Crippen LogP contribution in [-0.4, -0.2) is 48.7 Å². The smallest absolute Gasteiger partial charge is 0.327 e. The summed E-state index contributed by atoms with van der Waals surface area (Å²) in [5, 5.41) is 3.40. The SMILES string of the molecule is CCOC(=O)C(C)(CN1CCC(C)C(C)C1)NC(C)C. The van der Waals surface area contributed by atoms with Gasteiger partial charge < -0.3 is 9.64 Å². The van der Waals surface area contributed by atoms with E-state index in [0.717, 1.165) is 25.6 Å². The Balaban J connectivity index is 2.71. The number of esters is 1. The predicted molar refractivity (Wildman–Crippen MR) is 82.7 cm³/mol. The lowest BCUT2D eigenvalue weighted by atomic mass is 9.87. The van der Waals surface area contributed by atoms with Gasteiger partial charge in [0.15, 0.2) is 0 Å². The molecule has 0 bridgehead atoms. The lowest BCUT2D eigenvalue weighted by Crippen LogP contribution is -2.60. The van der Waals surface area contributed by atoms with Crippen LogP contribution in [0.3, 0.4) is 0 Å². The van der Waals surface area contributed by atoms with E-state index in [1.165, 1.54) is 6.42 Å². The predicted octanol–water partition coefficient (Wildman–Crippen LogP) is 2.28. The van der Waals surface area contributed by atoms with Gasteiger partial charge in [0.2, 0.25) is 0 Å². The fraction of sp³-hybridized carbons (Fsp3) is 0.938. The Kier molecular flexibility index (Phi) is 6.46. The molecular weight excluding hydrogens is 252 g/mol. The highest BCUT2D eigenvalue weighted by atomic mass is 16.5. The molecule has 20 heavy (non-hydrogen) atoms.